The number of benzene rings is 1. The Hall–Kier alpha value is -2.17. The van der Waals surface area contributed by atoms with Gasteiger partial charge in [-0.3, -0.25) is 0 Å². The van der Waals surface area contributed by atoms with Gasteiger partial charge in [-0.05, 0) is 38.0 Å². The standard InChI is InChI=1S/C15H18FN3O/c1-3-20-14-10-11(2)18-15(19-14)17-9-8-12-4-6-13(16)7-5-12/h4-7,10H,3,8-9H2,1-2H3,(H,17,18,19). The first kappa shape index (κ1) is 14.2. The number of nitrogens with one attached hydrogen (secondary N) is 1. The number of nitrogens with zero attached hydrogens (tertiary/aromatic N) is 2. The molecule has 0 bridgehead atoms. The third-order valence-corrected chi connectivity index (χ3v) is 2.73. The number of aryl methyl sites for hydroxylation is 1. The zero-order valence-corrected chi connectivity index (χ0v) is 11.7. The van der Waals surface area contributed by atoms with Gasteiger partial charge in [-0.2, -0.15) is 4.98 Å². The summed E-state index contributed by atoms with van der Waals surface area (Å²) in [6.07, 6.45) is 0.779. The molecule has 1 aromatic heterocycles. The largest absolute Gasteiger partial charge is 0.478 e. The molecule has 0 unspecified atom stereocenters. The lowest BCUT2D eigenvalue weighted by Crippen LogP contribution is -2.09. The molecule has 1 heterocycles. The summed E-state index contributed by atoms with van der Waals surface area (Å²) in [5.74, 6) is 0.907. The summed E-state index contributed by atoms with van der Waals surface area (Å²) in [5.41, 5.74) is 1.92. The highest BCUT2D eigenvalue weighted by Crippen LogP contribution is 2.12. The summed E-state index contributed by atoms with van der Waals surface area (Å²) in [5, 5.41) is 3.15. The molecule has 1 N–H and O–H groups in total. The van der Waals surface area contributed by atoms with Crippen LogP contribution >= 0.6 is 0 Å². The van der Waals surface area contributed by atoms with Crippen molar-refractivity contribution in [1.82, 2.24) is 9.97 Å². The molecule has 0 saturated heterocycles. The lowest BCUT2D eigenvalue weighted by atomic mass is 10.1. The third-order valence-electron chi connectivity index (χ3n) is 2.73. The Bertz CT molecular complexity index is 558. The second-order valence-electron chi connectivity index (χ2n) is 4.41. The number of hydrogen-bond donors (Lipinski definition) is 1. The molecule has 106 valence electrons. The molecule has 0 amide bonds. The summed E-state index contributed by atoms with van der Waals surface area (Å²) >= 11 is 0. The van der Waals surface area contributed by atoms with E-state index >= 15 is 0 Å². The quantitative estimate of drug-likeness (QED) is 0.880. The molecule has 20 heavy (non-hydrogen) atoms. The number of rotatable bonds is 6. The molecule has 0 aliphatic rings. The molecule has 0 saturated carbocycles. The zero-order valence-electron chi connectivity index (χ0n) is 11.7. The Morgan fingerprint density at radius 3 is 2.65 bits per heavy atom. The van der Waals surface area contributed by atoms with E-state index in [0.29, 0.717) is 25.0 Å². The van der Waals surface area contributed by atoms with E-state index in [0.717, 1.165) is 17.7 Å². The summed E-state index contributed by atoms with van der Waals surface area (Å²) in [6, 6.07) is 8.28. The van der Waals surface area contributed by atoms with Gasteiger partial charge in [0.05, 0.1) is 6.61 Å². The van der Waals surface area contributed by atoms with Gasteiger partial charge in [0.25, 0.3) is 0 Å². The van der Waals surface area contributed by atoms with Gasteiger partial charge in [0.1, 0.15) is 5.82 Å². The van der Waals surface area contributed by atoms with Gasteiger partial charge in [0.2, 0.25) is 11.8 Å². The highest BCUT2D eigenvalue weighted by Gasteiger charge is 2.02. The number of anilines is 1. The van der Waals surface area contributed by atoms with Crippen LogP contribution in [0.3, 0.4) is 0 Å². The third kappa shape index (κ3) is 4.19. The molecule has 0 spiro atoms. The Balaban J connectivity index is 1.91. The Kier molecular flexibility index (Phi) is 4.87. The van der Waals surface area contributed by atoms with Crippen LogP contribution in [0.25, 0.3) is 0 Å². The van der Waals surface area contributed by atoms with Gasteiger partial charge in [0, 0.05) is 18.3 Å². The topological polar surface area (TPSA) is 47.0 Å². The highest BCUT2D eigenvalue weighted by molar-refractivity contribution is 5.31. The van der Waals surface area contributed by atoms with Crippen LogP contribution in [0.5, 0.6) is 5.88 Å². The number of aromatic nitrogens is 2. The van der Waals surface area contributed by atoms with Crippen molar-refractivity contribution in [2.45, 2.75) is 20.3 Å². The summed E-state index contributed by atoms with van der Waals surface area (Å²) in [6.45, 7) is 5.07. The molecular weight excluding hydrogens is 257 g/mol. The lowest BCUT2D eigenvalue weighted by molar-refractivity contribution is 0.326. The Morgan fingerprint density at radius 1 is 1.20 bits per heavy atom. The van der Waals surface area contributed by atoms with E-state index in [1.807, 2.05) is 13.8 Å². The van der Waals surface area contributed by atoms with Crippen molar-refractivity contribution in [3.63, 3.8) is 0 Å². The van der Waals surface area contributed by atoms with Gasteiger partial charge < -0.3 is 10.1 Å². The first-order valence-electron chi connectivity index (χ1n) is 6.64. The minimum atomic E-state index is -0.218. The minimum Gasteiger partial charge on any atom is -0.478 e. The highest BCUT2D eigenvalue weighted by atomic mass is 19.1. The van der Waals surface area contributed by atoms with E-state index in [1.54, 1.807) is 18.2 Å². The van der Waals surface area contributed by atoms with Gasteiger partial charge in [-0.25, -0.2) is 9.37 Å². The van der Waals surface area contributed by atoms with Crippen LogP contribution in [0, 0.1) is 12.7 Å². The van der Waals surface area contributed by atoms with Crippen LogP contribution in [-0.2, 0) is 6.42 Å². The molecule has 0 atom stereocenters. The van der Waals surface area contributed by atoms with E-state index in [2.05, 4.69) is 15.3 Å². The normalized spacial score (nSPS) is 10.3. The van der Waals surface area contributed by atoms with Crippen molar-refractivity contribution >= 4 is 5.95 Å². The molecular formula is C15H18FN3O. The van der Waals surface area contributed by atoms with Crippen molar-refractivity contribution in [3.8, 4) is 5.88 Å². The minimum absolute atomic E-state index is 0.218. The second kappa shape index (κ2) is 6.84. The van der Waals surface area contributed by atoms with Crippen molar-refractivity contribution < 1.29 is 9.13 Å². The van der Waals surface area contributed by atoms with E-state index < -0.39 is 0 Å². The van der Waals surface area contributed by atoms with Crippen LogP contribution in [0.2, 0.25) is 0 Å². The smallest absolute Gasteiger partial charge is 0.226 e. The van der Waals surface area contributed by atoms with Gasteiger partial charge in [-0.15, -0.1) is 0 Å². The van der Waals surface area contributed by atoms with E-state index in [9.17, 15) is 4.39 Å². The Morgan fingerprint density at radius 2 is 1.95 bits per heavy atom. The van der Waals surface area contributed by atoms with Crippen LogP contribution < -0.4 is 10.1 Å². The number of hydrogen-bond acceptors (Lipinski definition) is 4. The van der Waals surface area contributed by atoms with Gasteiger partial charge in [-0.1, -0.05) is 12.1 Å². The van der Waals surface area contributed by atoms with E-state index in [4.69, 9.17) is 4.74 Å². The fourth-order valence-electron chi connectivity index (χ4n) is 1.81. The summed E-state index contributed by atoms with van der Waals surface area (Å²) < 4.78 is 18.2. The molecule has 5 heteroatoms. The maximum absolute atomic E-state index is 12.8. The van der Waals surface area contributed by atoms with Crippen LogP contribution in [0.15, 0.2) is 30.3 Å². The predicted molar refractivity (Wildman–Crippen MR) is 76.5 cm³/mol. The van der Waals surface area contributed by atoms with Crippen LogP contribution in [-0.4, -0.2) is 23.1 Å². The van der Waals surface area contributed by atoms with E-state index in [-0.39, 0.29) is 5.82 Å². The molecule has 0 aliphatic carbocycles. The van der Waals surface area contributed by atoms with Crippen molar-refractivity contribution in [2.24, 2.45) is 0 Å². The van der Waals surface area contributed by atoms with Crippen molar-refractivity contribution in [2.75, 3.05) is 18.5 Å². The maximum atomic E-state index is 12.8. The SMILES string of the molecule is CCOc1cc(C)nc(NCCc2ccc(F)cc2)n1. The average Bonchev–Trinajstić information content (AvgIpc) is 2.41. The zero-order chi connectivity index (χ0) is 14.4. The van der Waals surface area contributed by atoms with E-state index in [1.165, 1.54) is 12.1 Å². The van der Waals surface area contributed by atoms with Crippen LogP contribution in [0.4, 0.5) is 10.3 Å². The fraction of sp³-hybridized carbons (Fsp3) is 0.333. The molecule has 2 aromatic rings. The van der Waals surface area contributed by atoms with Gasteiger partial charge in [0.15, 0.2) is 0 Å². The van der Waals surface area contributed by atoms with Crippen molar-refractivity contribution in [3.05, 3.63) is 47.4 Å². The first-order chi connectivity index (χ1) is 9.67. The molecule has 0 aliphatic heterocycles. The number of ether oxygens (including phenoxy) is 1. The Labute approximate surface area is 118 Å². The molecule has 0 radical (unpaired) electrons. The average molecular weight is 275 g/mol. The predicted octanol–water partition coefficient (Wildman–Crippen LogP) is 2.98. The molecule has 2 rings (SSSR count). The lowest BCUT2D eigenvalue weighted by Gasteiger charge is -2.08. The maximum Gasteiger partial charge on any atom is 0.226 e. The fourth-order valence-corrected chi connectivity index (χ4v) is 1.81. The van der Waals surface area contributed by atoms with Gasteiger partial charge >= 0.3 is 0 Å². The summed E-state index contributed by atoms with van der Waals surface area (Å²) in [4.78, 5) is 8.56. The summed E-state index contributed by atoms with van der Waals surface area (Å²) in [7, 11) is 0. The number of halogens is 1. The molecule has 4 nitrogen and oxygen atoms in total. The molecule has 1 aromatic carbocycles. The van der Waals surface area contributed by atoms with Crippen molar-refractivity contribution in [1.29, 1.82) is 0 Å². The monoisotopic (exact) mass is 275 g/mol. The molecule has 0 fully saturated rings. The van der Waals surface area contributed by atoms with Crippen LogP contribution in [0.1, 0.15) is 18.2 Å². The first-order valence-corrected chi connectivity index (χ1v) is 6.64. The second-order valence-corrected chi connectivity index (χ2v) is 4.41.